The number of ether oxygens (including phenoxy) is 3. The molecular weight excluding hydrogens is 709 g/mol. The first kappa shape index (κ1) is 53.9. The molecule has 0 fully saturated rings. The van der Waals surface area contributed by atoms with Crippen LogP contribution in [0.15, 0.2) is 72.9 Å². The molecule has 57 heavy (non-hydrogen) atoms. The number of unbranched alkanes of at least 4 members (excludes halogenated alkanes) is 18. The van der Waals surface area contributed by atoms with E-state index in [0.717, 1.165) is 89.9 Å². The highest BCUT2D eigenvalue weighted by Gasteiger charge is 2.19. The van der Waals surface area contributed by atoms with E-state index in [9.17, 15) is 14.4 Å². The van der Waals surface area contributed by atoms with Crippen LogP contribution >= 0.6 is 0 Å². The zero-order valence-corrected chi connectivity index (χ0v) is 37.1. The molecule has 0 spiro atoms. The van der Waals surface area contributed by atoms with E-state index in [-0.39, 0.29) is 37.5 Å². The Kier molecular flexibility index (Phi) is 43.0. The zero-order chi connectivity index (χ0) is 41.5. The van der Waals surface area contributed by atoms with Gasteiger partial charge in [-0.15, -0.1) is 0 Å². The van der Waals surface area contributed by atoms with Gasteiger partial charge in [0.2, 0.25) is 0 Å². The third-order valence-corrected chi connectivity index (χ3v) is 9.70. The van der Waals surface area contributed by atoms with Crippen LogP contribution in [0.2, 0.25) is 0 Å². The van der Waals surface area contributed by atoms with Crippen molar-refractivity contribution in [2.45, 2.75) is 219 Å². The van der Waals surface area contributed by atoms with Gasteiger partial charge in [-0.2, -0.15) is 0 Å². The van der Waals surface area contributed by atoms with Crippen LogP contribution in [0, 0.1) is 0 Å². The summed E-state index contributed by atoms with van der Waals surface area (Å²) in [5.41, 5.74) is 0. The molecule has 0 N–H and O–H groups in total. The van der Waals surface area contributed by atoms with Crippen LogP contribution in [0.25, 0.3) is 0 Å². The summed E-state index contributed by atoms with van der Waals surface area (Å²) >= 11 is 0. The fraction of sp³-hybridized carbons (Fsp3) is 0.706. The predicted molar refractivity (Wildman–Crippen MR) is 242 cm³/mol. The minimum atomic E-state index is -0.797. The average Bonchev–Trinajstić information content (AvgIpc) is 3.21. The van der Waals surface area contributed by atoms with Gasteiger partial charge in [0.05, 0.1) is 0 Å². The molecular formula is C51H86O6. The fourth-order valence-corrected chi connectivity index (χ4v) is 6.18. The quantitative estimate of drug-likeness (QED) is 0.0265. The van der Waals surface area contributed by atoms with Crippen molar-refractivity contribution >= 4 is 17.9 Å². The first-order chi connectivity index (χ1) is 28.0. The number of esters is 3. The first-order valence-electron chi connectivity index (χ1n) is 23.4. The Labute approximate surface area is 351 Å². The maximum absolute atomic E-state index is 12.7. The molecule has 6 nitrogen and oxygen atoms in total. The summed E-state index contributed by atoms with van der Waals surface area (Å²) in [6.45, 7) is 6.39. The van der Waals surface area contributed by atoms with Crippen molar-refractivity contribution in [3.63, 3.8) is 0 Å². The van der Waals surface area contributed by atoms with E-state index < -0.39 is 6.10 Å². The molecule has 0 amide bonds. The lowest BCUT2D eigenvalue weighted by Gasteiger charge is -2.18. The Morgan fingerprint density at radius 1 is 0.368 bits per heavy atom. The van der Waals surface area contributed by atoms with Crippen molar-refractivity contribution in [3.05, 3.63) is 72.9 Å². The van der Waals surface area contributed by atoms with E-state index in [4.69, 9.17) is 14.2 Å². The maximum atomic E-state index is 12.7. The van der Waals surface area contributed by atoms with Gasteiger partial charge in [-0.3, -0.25) is 14.4 Å². The topological polar surface area (TPSA) is 78.9 Å². The Morgan fingerprint density at radius 2 is 0.702 bits per heavy atom. The van der Waals surface area contributed by atoms with Crippen molar-refractivity contribution in [1.29, 1.82) is 0 Å². The lowest BCUT2D eigenvalue weighted by atomic mass is 10.1. The summed E-state index contributed by atoms with van der Waals surface area (Å²) in [6, 6.07) is 0. The summed E-state index contributed by atoms with van der Waals surface area (Å²) in [6.07, 6.45) is 56.2. The number of carbonyl (C=O) groups is 3. The number of rotatable bonds is 41. The fourth-order valence-electron chi connectivity index (χ4n) is 6.18. The van der Waals surface area contributed by atoms with Gasteiger partial charge in [-0.05, 0) is 83.5 Å². The normalized spacial score (nSPS) is 12.7. The standard InChI is InChI=1S/C51H86O6/c1-4-7-10-13-16-18-20-22-24-26-28-29-31-33-35-38-41-44-50(53)56-47-48(46-55-49(52)43-40-37-15-12-9-6-3)57-51(54)45-42-39-36-34-32-30-27-25-23-21-19-17-14-11-8-5-2/h7,10,16,18,22,24-25,27-29,33,35,48H,4-6,8-9,11-15,17,19-21,23,26,30-32,34,36-47H2,1-3H3/b10-7-,18-16-,24-22-,27-25-,29-28-,35-33-. The van der Waals surface area contributed by atoms with Gasteiger partial charge in [-0.1, -0.05) is 184 Å². The summed E-state index contributed by atoms with van der Waals surface area (Å²) < 4.78 is 16.6. The van der Waals surface area contributed by atoms with E-state index in [1.807, 2.05) is 0 Å². The van der Waals surface area contributed by atoms with Gasteiger partial charge in [0.25, 0.3) is 0 Å². The smallest absolute Gasteiger partial charge is 0.306 e. The Balaban J connectivity index is 4.37. The molecule has 0 radical (unpaired) electrons. The summed E-state index contributed by atoms with van der Waals surface area (Å²) in [5, 5.41) is 0. The number of hydrogen-bond acceptors (Lipinski definition) is 6. The number of carbonyl (C=O) groups excluding carboxylic acids is 3. The van der Waals surface area contributed by atoms with Crippen LogP contribution in [0.5, 0.6) is 0 Å². The Morgan fingerprint density at radius 3 is 1.16 bits per heavy atom. The van der Waals surface area contributed by atoms with Crippen LogP contribution < -0.4 is 0 Å². The van der Waals surface area contributed by atoms with Crippen LogP contribution in [0.1, 0.15) is 213 Å². The van der Waals surface area contributed by atoms with Gasteiger partial charge in [0.1, 0.15) is 13.2 Å². The Hall–Kier alpha value is -3.15. The third kappa shape index (κ3) is 43.8. The molecule has 6 heteroatoms. The summed E-state index contributed by atoms with van der Waals surface area (Å²) in [7, 11) is 0. The van der Waals surface area contributed by atoms with Gasteiger partial charge >= 0.3 is 17.9 Å². The molecule has 1 atom stereocenters. The average molecular weight is 795 g/mol. The van der Waals surface area contributed by atoms with Crippen LogP contribution in [-0.4, -0.2) is 37.2 Å². The molecule has 0 aromatic heterocycles. The van der Waals surface area contributed by atoms with E-state index in [0.29, 0.717) is 19.3 Å². The molecule has 0 aliphatic carbocycles. The molecule has 0 aromatic carbocycles. The third-order valence-electron chi connectivity index (χ3n) is 9.70. The molecule has 1 unspecified atom stereocenters. The first-order valence-corrected chi connectivity index (χ1v) is 23.4. The molecule has 0 aliphatic rings. The number of hydrogen-bond donors (Lipinski definition) is 0. The summed E-state index contributed by atoms with van der Waals surface area (Å²) in [4.78, 5) is 37.6. The van der Waals surface area contributed by atoms with Crippen molar-refractivity contribution in [2.75, 3.05) is 13.2 Å². The largest absolute Gasteiger partial charge is 0.462 e. The zero-order valence-electron chi connectivity index (χ0n) is 37.1. The van der Waals surface area contributed by atoms with Gasteiger partial charge in [-0.25, -0.2) is 0 Å². The van der Waals surface area contributed by atoms with Gasteiger partial charge in [0.15, 0.2) is 6.10 Å². The van der Waals surface area contributed by atoms with E-state index >= 15 is 0 Å². The van der Waals surface area contributed by atoms with Gasteiger partial charge in [0, 0.05) is 19.3 Å². The van der Waals surface area contributed by atoms with Crippen molar-refractivity contribution in [3.8, 4) is 0 Å². The molecule has 326 valence electrons. The van der Waals surface area contributed by atoms with Crippen molar-refractivity contribution in [1.82, 2.24) is 0 Å². The molecule has 0 bridgehead atoms. The van der Waals surface area contributed by atoms with Gasteiger partial charge < -0.3 is 14.2 Å². The van der Waals surface area contributed by atoms with Crippen molar-refractivity contribution in [2.24, 2.45) is 0 Å². The molecule has 0 saturated carbocycles. The van der Waals surface area contributed by atoms with E-state index in [1.165, 1.54) is 77.0 Å². The molecule has 0 aromatic rings. The van der Waals surface area contributed by atoms with E-state index in [2.05, 4.69) is 93.7 Å². The second-order valence-electron chi connectivity index (χ2n) is 15.3. The highest BCUT2D eigenvalue weighted by Crippen LogP contribution is 2.13. The van der Waals surface area contributed by atoms with E-state index in [1.54, 1.807) is 0 Å². The van der Waals surface area contributed by atoms with Crippen LogP contribution in [0.3, 0.4) is 0 Å². The highest BCUT2D eigenvalue weighted by molar-refractivity contribution is 5.71. The Bertz CT molecular complexity index is 1100. The minimum Gasteiger partial charge on any atom is -0.462 e. The van der Waals surface area contributed by atoms with Crippen LogP contribution in [-0.2, 0) is 28.6 Å². The predicted octanol–water partition coefficient (Wildman–Crippen LogP) is 15.1. The lowest BCUT2D eigenvalue weighted by molar-refractivity contribution is -0.167. The second kappa shape index (κ2) is 45.6. The minimum absolute atomic E-state index is 0.0970. The molecule has 0 saturated heterocycles. The monoisotopic (exact) mass is 795 g/mol. The lowest BCUT2D eigenvalue weighted by Crippen LogP contribution is -2.30. The summed E-state index contributed by atoms with van der Waals surface area (Å²) in [5.74, 6) is -0.980. The van der Waals surface area contributed by atoms with Crippen LogP contribution in [0.4, 0.5) is 0 Å². The number of allylic oxidation sites excluding steroid dienone is 12. The molecule has 0 aliphatic heterocycles. The maximum Gasteiger partial charge on any atom is 0.306 e. The highest BCUT2D eigenvalue weighted by atomic mass is 16.6. The molecule has 0 heterocycles. The second-order valence-corrected chi connectivity index (χ2v) is 15.3. The molecule has 0 rings (SSSR count). The van der Waals surface area contributed by atoms with Crippen molar-refractivity contribution < 1.29 is 28.6 Å². The SMILES string of the molecule is CC/C=C\C/C=C\C/C=C\C/C=C\C/C=C\CCCC(=O)OCC(COC(=O)CCCCCCCC)OC(=O)CCCCCCC/C=C\CCCCCCCCC.